The number of benzene rings is 1. The van der Waals surface area contributed by atoms with E-state index in [0.29, 0.717) is 49.5 Å². The van der Waals surface area contributed by atoms with Gasteiger partial charge in [0.05, 0.1) is 12.7 Å². The standard InChI is InChI=1S/C30H31N3O4/c1-37-30(36)25-9-5-21(6-10-25)19-33-16-13-26-17-27(18-31-28(26)33)23-11-14-32(15-12-23)29(35)24-4-2-3-22(20-34)7-8-24/h2,4-6,8-10,13,16-18,20,22-23H,3,7,11-12,14-15,19H2,1H3/t22-/m0/s1. The highest BCUT2D eigenvalue weighted by atomic mass is 16.5. The van der Waals surface area contributed by atoms with Gasteiger partial charge in [-0.15, -0.1) is 0 Å². The first-order valence-corrected chi connectivity index (χ1v) is 12.8. The van der Waals surface area contributed by atoms with E-state index in [0.717, 1.165) is 35.7 Å². The number of rotatable bonds is 6. The molecule has 3 heterocycles. The molecule has 5 rings (SSSR count). The van der Waals surface area contributed by atoms with Crippen LogP contribution in [0, 0.1) is 5.92 Å². The summed E-state index contributed by atoms with van der Waals surface area (Å²) in [5.74, 6) is 0.0601. The zero-order valence-corrected chi connectivity index (χ0v) is 21.0. The maximum absolute atomic E-state index is 13.0. The van der Waals surface area contributed by atoms with Gasteiger partial charge in [0.2, 0.25) is 0 Å². The van der Waals surface area contributed by atoms with Crippen molar-refractivity contribution >= 4 is 29.2 Å². The van der Waals surface area contributed by atoms with Crippen LogP contribution in [0.3, 0.4) is 0 Å². The number of piperidine rings is 1. The molecule has 1 aromatic carbocycles. The van der Waals surface area contributed by atoms with Gasteiger partial charge in [0.1, 0.15) is 11.9 Å². The highest BCUT2D eigenvalue weighted by Gasteiger charge is 2.26. The Labute approximate surface area is 216 Å². The second-order valence-corrected chi connectivity index (χ2v) is 9.81. The third-order valence-corrected chi connectivity index (χ3v) is 7.42. The van der Waals surface area contributed by atoms with Crippen LogP contribution in [0.5, 0.6) is 0 Å². The molecule has 0 spiro atoms. The van der Waals surface area contributed by atoms with Crippen LogP contribution in [0.25, 0.3) is 11.0 Å². The van der Waals surface area contributed by atoms with Crippen molar-refractivity contribution in [3.8, 4) is 0 Å². The molecule has 0 unspecified atom stereocenters. The van der Waals surface area contributed by atoms with Gasteiger partial charge in [-0.05, 0) is 67.0 Å². The van der Waals surface area contributed by atoms with Gasteiger partial charge in [-0.25, -0.2) is 9.78 Å². The lowest BCUT2D eigenvalue weighted by Crippen LogP contribution is -2.38. The van der Waals surface area contributed by atoms with E-state index in [2.05, 4.69) is 16.7 Å². The number of hydrogen-bond donors (Lipinski definition) is 0. The summed E-state index contributed by atoms with van der Waals surface area (Å²) < 4.78 is 6.88. The lowest BCUT2D eigenvalue weighted by Gasteiger charge is -2.32. The van der Waals surface area contributed by atoms with Crippen LogP contribution in [0.15, 0.2) is 72.6 Å². The molecule has 1 saturated heterocycles. The maximum Gasteiger partial charge on any atom is 0.337 e. The van der Waals surface area contributed by atoms with Crippen LogP contribution >= 0.6 is 0 Å². The summed E-state index contributed by atoms with van der Waals surface area (Å²) >= 11 is 0. The highest BCUT2D eigenvalue weighted by molar-refractivity contribution is 5.96. The molecule has 7 nitrogen and oxygen atoms in total. The van der Waals surface area contributed by atoms with Crippen LogP contribution in [0.2, 0.25) is 0 Å². The number of esters is 1. The topological polar surface area (TPSA) is 81.5 Å². The van der Waals surface area contributed by atoms with Crippen molar-refractivity contribution in [1.82, 2.24) is 14.5 Å². The van der Waals surface area contributed by atoms with Crippen LogP contribution in [-0.2, 0) is 20.9 Å². The number of carbonyl (C=O) groups is 3. The van der Waals surface area contributed by atoms with Gasteiger partial charge in [0, 0.05) is 48.9 Å². The number of hydrogen-bond acceptors (Lipinski definition) is 5. The van der Waals surface area contributed by atoms with Crippen LogP contribution in [0.1, 0.15) is 53.1 Å². The molecule has 1 aliphatic heterocycles. The summed E-state index contributed by atoms with van der Waals surface area (Å²) in [4.78, 5) is 42.5. The number of amides is 1. The minimum atomic E-state index is -0.339. The van der Waals surface area contributed by atoms with E-state index in [1.165, 1.54) is 12.7 Å². The molecule has 1 aliphatic carbocycles. The van der Waals surface area contributed by atoms with Gasteiger partial charge in [0.15, 0.2) is 0 Å². The van der Waals surface area contributed by atoms with Gasteiger partial charge in [-0.1, -0.05) is 30.4 Å². The smallest absolute Gasteiger partial charge is 0.337 e. The fraction of sp³-hybridized carbons (Fsp3) is 0.333. The number of methoxy groups -OCH3 is 1. The van der Waals surface area contributed by atoms with Gasteiger partial charge in [0.25, 0.3) is 5.91 Å². The van der Waals surface area contributed by atoms with E-state index in [-0.39, 0.29) is 17.8 Å². The Morgan fingerprint density at radius 2 is 1.89 bits per heavy atom. The largest absolute Gasteiger partial charge is 0.465 e. The van der Waals surface area contributed by atoms with Crippen LogP contribution < -0.4 is 0 Å². The first kappa shape index (κ1) is 24.7. The third kappa shape index (κ3) is 5.40. The molecule has 1 amide bonds. The van der Waals surface area contributed by atoms with E-state index in [4.69, 9.17) is 9.72 Å². The fourth-order valence-corrected chi connectivity index (χ4v) is 5.19. The van der Waals surface area contributed by atoms with Crippen LogP contribution in [0.4, 0.5) is 0 Å². The molecule has 7 heteroatoms. The van der Waals surface area contributed by atoms with Gasteiger partial charge in [-0.3, -0.25) is 4.79 Å². The SMILES string of the molecule is COC(=O)c1ccc(Cn2ccc3cc(C4CCN(C(=O)C5=CC[C@@H](C=O)CC=C5)CC4)cnc32)cc1. The molecule has 2 aromatic heterocycles. The third-order valence-electron chi connectivity index (χ3n) is 7.42. The Morgan fingerprint density at radius 3 is 2.62 bits per heavy atom. The second-order valence-electron chi connectivity index (χ2n) is 9.81. The zero-order chi connectivity index (χ0) is 25.8. The monoisotopic (exact) mass is 497 g/mol. The number of carbonyl (C=O) groups excluding carboxylic acids is 3. The Hall–Kier alpha value is -4.00. The lowest BCUT2D eigenvalue weighted by atomic mass is 9.90. The molecule has 0 N–H and O–H groups in total. The minimum absolute atomic E-state index is 0.0308. The highest BCUT2D eigenvalue weighted by Crippen LogP contribution is 2.31. The quantitative estimate of drug-likeness (QED) is 0.365. The summed E-state index contributed by atoms with van der Waals surface area (Å²) in [5, 5.41) is 1.10. The van der Waals surface area contributed by atoms with Crippen molar-refractivity contribution in [2.24, 2.45) is 5.92 Å². The molecular formula is C30H31N3O4. The molecule has 1 atom stereocenters. The maximum atomic E-state index is 13.0. The van der Waals surface area contributed by atoms with Gasteiger partial charge in [-0.2, -0.15) is 0 Å². The first-order chi connectivity index (χ1) is 18.1. The van der Waals surface area contributed by atoms with E-state index in [9.17, 15) is 14.4 Å². The average molecular weight is 498 g/mol. The summed E-state index contributed by atoms with van der Waals surface area (Å²) in [6, 6.07) is 11.7. The average Bonchev–Trinajstić information content (AvgIpc) is 3.18. The predicted octanol–water partition coefficient (Wildman–Crippen LogP) is 4.67. The van der Waals surface area contributed by atoms with Crippen molar-refractivity contribution in [1.29, 1.82) is 0 Å². The van der Waals surface area contributed by atoms with Crippen molar-refractivity contribution in [3.05, 3.63) is 89.3 Å². The van der Waals surface area contributed by atoms with E-state index >= 15 is 0 Å². The Morgan fingerprint density at radius 1 is 1.11 bits per heavy atom. The number of ether oxygens (including phenoxy) is 1. The predicted molar refractivity (Wildman–Crippen MR) is 141 cm³/mol. The molecule has 0 radical (unpaired) electrons. The number of aromatic nitrogens is 2. The number of pyridine rings is 1. The van der Waals surface area contributed by atoms with Gasteiger partial charge < -0.3 is 19.0 Å². The Kier molecular flexibility index (Phi) is 7.30. The van der Waals surface area contributed by atoms with Crippen molar-refractivity contribution in [3.63, 3.8) is 0 Å². The minimum Gasteiger partial charge on any atom is -0.465 e. The molecule has 3 aromatic rings. The van der Waals surface area contributed by atoms with E-state index in [1.807, 2.05) is 47.7 Å². The molecule has 0 saturated carbocycles. The normalized spacial score (nSPS) is 18.4. The van der Waals surface area contributed by atoms with Crippen molar-refractivity contribution in [2.75, 3.05) is 20.2 Å². The molecule has 1 fully saturated rings. The molecule has 2 aliphatic rings. The zero-order valence-electron chi connectivity index (χ0n) is 21.0. The Balaban J connectivity index is 1.22. The van der Waals surface area contributed by atoms with Crippen LogP contribution in [-0.4, -0.2) is 52.8 Å². The number of fused-ring (bicyclic) bond motifs is 1. The van der Waals surface area contributed by atoms with Crippen molar-refractivity contribution in [2.45, 2.75) is 38.1 Å². The summed E-state index contributed by atoms with van der Waals surface area (Å²) in [6.45, 7) is 2.09. The number of nitrogens with zero attached hydrogens (tertiary/aromatic N) is 3. The molecule has 37 heavy (non-hydrogen) atoms. The second kappa shape index (κ2) is 10.9. The number of allylic oxidation sites excluding steroid dienone is 2. The summed E-state index contributed by atoms with van der Waals surface area (Å²) in [7, 11) is 1.38. The number of aldehydes is 1. The van der Waals surface area contributed by atoms with E-state index in [1.54, 1.807) is 12.1 Å². The first-order valence-electron chi connectivity index (χ1n) is 12.8. The number of likely N-dealkylation sites (tertiary alicyclic amines) is 1. The van der Waals surface area contributed by atoms with E-state index < -0.39 is 0 Å². The Bertz CT molecular complexity index is 1360. The fourth-order valence-electron chi connectivity index (χ4n) is 5.19. The summed E-state index contributed by atoms with van der Waals surface area (Å²) in [6.07, 6.45) is 13.8. The molecular weight excluding hydrogens is 466 g/mol. The molecule has 190 valence electrons. The summed E-state index contributed by atoms with van der Waals surface area (Å²) in [5.41, 5.74) is 4.45. The van der Waals surface area contributed by atoms with Crippen molar-refractivity contribution < 1.29 is 19.1 Å². The lowest BCUT2D eigenvalue weighted by molar-refractivity contribution is -0.127. The molecule has 0 bridgehead atoms. The van der Waals surface area contributed by atoms with Gasteiger partial charge >= 0.3 is 5.97 Å².